The SMILES string of the molecule is Cc1cc(C2CCC3(OCCO3)C(C)C2)ccc1O. The number of phenols is 1. The van der Waals surface area contributed by atoms with Crippen LogP contribution in [0.4, 0.5) is 0 Å². The molecule has 19 heavy (non-hydrogen) atoms. The van der Waals surface area contributed by atoms with Crippen LogP contribution in [0.15, 0.2) is 18.2 Å². The molecule has 1 aromatic rings. The molecule has 3 nitrogen and oxygen atoms in total. The molecular formula is C16H22O3. The van der Waals surface area contributed by atoms with Gasteiger partial charge in [-0.2, -0.15) is 0 Å². The quantitative estimate of drug-likeness (QED) is 0.843. The summed E-state index contributed by atoms with van der Waals surface area (Å²) in [5.74, 6) is 1.03. The van der Waals surface area contributed by atoms with E-state index < -0.39 is 0 Å². The molecule has 0 amide bonds. The summed E-state index contributed by atoms with van der Waals surface area (Å²) in [7, 11) is 0. The smallest absolute Gasteiger partial charge is 0.171 e. The van der Waals surface area contributed by atoms with Gasteiger partial charge in [0.25, 0.3) is 0 Å². The fraction of sp³-hybridized carbons (Fsp3) is 0.625. The Labute approximate surface area is 114 Å². The van der Waals surface area contributed by atoms with Crippen LogP contribution in [-0.4, -0.2) is 24.1 Å². The van der Waals surface area contributed by atoms with E-state index in [1.165, 1.54) is 5.56 Å². The fourth-order valence-corrected chi connectivity index (χ4v) is 3.48. The minimum atomic E-state index is -0.317. The lowest BCUT2D eigenvalue weighted by Gasteiger charge is -2.41. The number of hydrogen-bond acceptors (Lipinski definition) is 3. The molecular weight excluding hydrogens is 240 g/mol. The normalized spacial score (nSPS) is 29.8. The second-order valence-corrected chi connectivity index (χ2v) is 5.93. The van der Waals surface area contributed by atoms with E-state index in [4.69, 9.17) is 9.47 Å². The lowest BCUT2D eigenvalue weighted by Crippen LogP contribution is -2.42. The minimum Gasteiger partial charge on any atom is -0.508 e. The second kappa shape index (κ2) is 4.80. The summed E-state index contributed by atoms with van der Waals surface area (Å²) in [6, 6.07) is 5.97. The van der Waals surface area contributed by atoms with Crippen molar-refractivity contribution in [2.24, 2.45) is 5.92 Å². The Bertz CT molecular complexity index is 463. The average molecular weight is 262 g/mol. The Hall–Kier alpha value is -1.06. The van der Waals surface area contributed by atoms with E-state index >= 15 is 0 Å². The topological polar surface area (TPSA) is 38.7 Å². The zero-order chi connectivity index (χ0) is 13.5. The molecule has 1 heterocycles. The number of phenolic OH excluding ortho intramolecular Hbond substituents is 1. The minimum absolute atomic E-state index is 0.317. The van der Waals surface area contributed by atoms with Gasteiger partial charge in [-0.1, -0.05) is 19.1 Å². The van der Waals surface area contributed by atoms with Crippen molar-refractivity contribution in [3.05, 3.63) is 29.3 Å². The van der Waals surface area contributed by atoms with Crippen molar-refractivity contribution in [3.63, 3.8) is 0 Å². The highest BCUT2D eigenvalue weighted by molar-refractivity contribution is 5.36. The summed E-state index contributed by atoms with van der Waals surface area (Å²) in [5.41, 5.74) is 2.29. The van der Waals surface area contributed by atoms with Gasteiger partial charge in [0.15, 0.2) is 5.79 Å². The molecule has 0 aromatic heterocycles. The number of ether oxygens (including phenoxy) is 2. The van der Waals surface area contributed by atoms with E-state index in [1.807, 2.05) is 19.1 Å². The van der Waals surface area contributed by atoms with Gasteiger partial charge in [0.05, 0.1) is 13.2 Å². The molecule has 3 rings (SSSR count). The van der Waals surface area contributed by atoms with Gasteiger partial charge >= 0.3 is 0 Å². The molecule has 1 spiro atoms. The van der Waals surface area contributed by atoms with Crippen molar-refractivity contribution in [1.82, 2.24) is 0 Å². The van der Waals surface area contributed by atoms with Crippen molar-refractivity contribution < 1.29 is 14.6 Å². The Morgan fingerprint density at radius 2 is 2.00 bits per heavy atom. The number of rotatable bonds is 1. The third kappa shape index (κ3) is 2.26. The molecule has 0 radical (unpaired) electrons. The van der Waals surface area contributed by atoms with E-state index in [9.17, 15) is 5.11 Å². The lowest BCUT2D eigenvalue weighted by atomic mass is 9.75. The predicted molar refractivity (Wildman–Crippen MR) is 73.2 cm³/mol. The van der Waals surface area contributed by atoms with E-state index in [-0.39, 0.29) is 5.79 Å². The van der Waals surface area contributed by atoms with Crippen molar-refractivity contribution in [2.45, 2.75) is 44.8 Å². The van der Waals surface area contributed by atoms with Crippen LogP contribution in [0.5, 0.6) is 5.75 Å². The molecule has 3 heteroatoms. The van der Waals surface area contributed by atoms with Crippen LogP contribution in [0.1, 0.15) is 43.2 Å². The van der Waals surface area contributed by atoms with Gasteiger partial charge in [-0.15, -0.1) is 0 Å². The van der Waals surface area contributed by atoms with Gasteiger partial charge in [0.1, 0.15) is 5.75 Å². The molecule has 1 aliphatic heterocycles. The molecule has 0 bridgehead atoms. The Balaban J connectivity index is 1.76. The number of hydrogen-bond donors (Lipinski definition) is 1. The highest BCUT2D eigenvalue weighted by Gasteiger charge is 2.46. The lowest BCUT2D eigenvalue weighted by molar-refractivity contribution is -0.210. The zero-order valence-electron chi connectivity index (χ0n) is 11.7. The third-order valence-electron chi connectivity index (χ3n) is 4.70. The highest BCUT2D eigenvalue weighted by Crippen LogP contribution is 2.46. The van der Waals surface area contributed by atoms with E-state index in [2.05, 4.69) is 13.0 Å². The Morgan fingerprint density at radius 1 is 1.26 bits per heavy atom. The first-order valence-corrected chi connectivity index (χ1v) is 7.18. The van der Waals surface area contributed by atoms with Crippen LogP contribution in [0.3, 0.4) is 0 Å². The third-order valence-corrected chi connectivity index (χ3v) is 4.70. The first-order valence-electron chi connectivity index (χ1n) is 7.18. The maximum atomic E-state index is 9.62. The Kier molecular flexibility index (Phi) is 3.27. The van der Waals surface area contributed by atoms with E-state index in [0.29, 0.717) is 17.6 Å². The van der Waals surface area contributed by atoms with Gasteiger partial charge in [-0.25, -0.2) is 0 Å². The summed E-state index contributed by atoms with van der Waals surface area (Å²) in [6.07, 6.45) is 3.15. The summed E-state index contributed by atoms with van der Waals surface area (Å²) in [4.78, 5) is 0. The average Bonchev–Trinajstić information content (AvgIpc) is 2.86. The van der Waals surface area contributed by atoms with Crippen molar-refractivity contribution in [3.8, 4) is 5.75 Å². The highest BCUT2D eigenvalue weighted by atomic mass is 16.7. The predicted octanol–water partition coefficient (Wildman–Crippen LogP) is 3.35. The van der Waals surface area contributed by atoms with Crippen molar-refractivity contribution in [1.29, 1.82) is 0 Å². The zero-order valence-corrected chi connectivity index (χ0v) is 11.7. The van der Waals surface area contributed by atoms with Crippen LogP contribution < -0.4 is 0 Å². The summed E-state index contributed by atoms with van der Waals surface area (Å²) in [5, 5.41) is 9.62. The van der Waals surface area contributed by atoms with Crippen LogP contribution >= 0.6 is 0 Å². The maximum Gasteiger partial charge on any atom is 0.171 e. The monoisotopic (exact) mass is 262 g/mol. The van der Waals surface area contributed by atoms with Crippen LogP contribution in [0.25, 0.3) is 0 Å². The number of benzene rings is 1. The molecule has 2 unspecified atom stereocenters. The molecule has 104 valence electrons. The van der Waals surface area contributed by atoms with E-state index in [0.717, 1.165) is 38.0 Å². The fourth-order valence-electron chi connectivity index (χ4n) is 3.48. The molecule has 1 saturated heterocycles. The molecule has 1 saturated carbocycles. The van der Waals surface area contributed by atoms with E-state index in [1.54, 1.807) is 0 Å². The molecule has 2 fully saturated rings. The molecule has 1 aromatic carbocycles. The standard InChI is InChI=1S/C16H22O3/c1-11-9-13(3-4-15(11)17)14-5-6-16(12(2)10-14)18-7-8-19-16/h3-4,9,12,14,17H,5-8,10H2,1-2H3. The van der Waals surface area contributed by atoms with Gasteiger partial charge in [0, 0.05) is 12.3 Å². The molecule has 1 aliphatic carbocycles. The summed E-state index contributed by atoms with van der Waals surface area (Å²) in [6.45, 7) is 5.64. The molecule has 2 aliphatic rings. The van der Waals surface area contributed by atoms with Crippen LogP contribution in [0.2, 0.25) is 0 Å². The largest absolute Gasteiger partial charge is 0.508 e. The maximum absolute atomic E-state index is 9.62. The Morgan fingerprint density at radius 3 is 2.63 bits per heavy atom. The first kappa shape index (κ1) is 12.9. The number of aromatic hydroxyl groups is 1. The van der Waals surface area contributed by atoms with Gasteiger partial charge in [-0.3, -0.25) is 0 Å². The second-order valence-electron chi connectivity index (χ2n) is 5.93. The van der Waals surface area contributed by atoms with Gasteiger partial charge in [-0.05, 0) is 42.9 Å². The van der Waals surface area contributed by atoms with Gasteiger partial charge < -0.3 is 14.6 Å². The van der Waals surface area contributed by atoms with Gasteiger partial charge in [0.2, 0.25) is 0 Å². The van der Waals surface area contributed by atoms with Crippen molar-refractivity contribution >= 4 is 0 Å². The first-order chi connectivity index (χ1) is 9.11. The summed E-state index contributed by atoms with van der Waals surface area (Å²) < 4.78 is 11.7. The molecule has 1 N–H and O–H groups in total. The summed E-state index contributed by atoms with van der Waals surface area (Å²) >= 11 is 0. The molecule has 2 atom stereocenters. The van der Waals surface area contributed by atoms with Crippen LogP contribution in [-0.2, 0) is 9.47 Å². The van der Waals surface area contributed by atoms with Crippen LogP contribution in [0, 0.1) is 12.8 Å². The number of aryl methyl sites for hydroxylation is 1. The van der Waals surface area contributed by atoms with Crippen molar-refractivity contribution in [2.75, 3.05) is 13.2 Å².